The summed E-state index contributed by atoms with van der Waals surface area (Å²) >= 11 is 0. The molecule has 7 aromatic rings. The van der Waals surface area contributed by atoms with E-state index in [0.29, 0.717) is 0 Å². The third-order valence-corrected chi connectivity index (χ3v) is 12.4. The number of nitrogens with zero attached hydrogens (tertiary/aromatic N) is 1. The van der Waals surface area contributed by atoms with Crippen molar-refractivity contribution in [3.63, 3.8) is 0 Å². The molecule has 276 valence electrons. The minimum atomic E-state index is 0.136. The van der Waals surface area contributed by atoms with Gasteiger partial charge in [0.1, 0.15) is 22.5 Å². The van der Waals surface area contributed by atoms with Crippen molar-refractivity contribution in [2.24, 2.45) is 0 Å². The Hall–Kier alpha value is -6.58. The first-order chi connectivity index (χ1) is 28.2. The molecule has 0 saturated heterocycles. The number of hydrogen-bond acceptors (Lipinski definition) is 3. The quantitative estimate of drug-likeness (QED) is 0.163. The summed E-state index contributed by atoms with van der Waals surface area (Å²) in [6.45, 7) is 0. The van der Waals surface area contributed by atoms with E-state index in [1.165, 1.54) is 55.7 Å². The van der Waals surface area contributed by atoms with Crippen LogP contribution < -0.4 is 4.90 Å². The lowest BCUT2D eigenvalue weighted by Gasteiger charge is -2.34. The van der Waals surface area contributed by atoms with Crippen molar-refractivity contribution in [2.45, 2.75) is 50.5 Å². The molecule has 4 aliphatic rings. The molecule has 2 aromatic heterocycles. The van der Waals surface area contributed by atoms with Gasteiger partial charge in [0.05, 0.1) is 6.04 Å². The molecule has 0 N–H and O–H groups in total. The number of rotatable bonds is 7. The van der Waals surface area contributed by atoms with Crippen molar-refractivity contribution in [1.29, 1.82) is 0 Å². The van der Waals surface area contributed by atoms with Crippen LogP contribution in [0.25, 0.3) is 50.1 Å². The summed E-state index contributed by atoms with van der Waals surface area (Å²) in [5.41, 5.74) is 15.7. The zero-order valence-corrected chi connectivity index (χ0v) is 31.9. The lowest BCUT2D eigenvalue weighted by molar-refractivity contribution is 0.517. The Labute approximate surface area is 333 Å². The summed E-state index contributed by atoms with van der Waals surface area (Å²) < 4.78 is 12.9. The summed E-state index contributed by atoms with van der Waals surface area (Å²) in [6, 6.07) is 41.8. The number of anilines is 2. The van der Waals surface area contributed by atoms with Crippen LogP contribution in [0, 0.1) is 0 Å². The highest BCUT2D eigenvalue weighted by atomic mass is 16.3. The smallest absolute Gasteiger partial charge is 0.143 e. The highest BCUT2D eigenvalue weighted by Gasteiger charge is 2.27. The standard InChI is InChI=1S/C54H43NO2/c1-2-10-36(11-3-1)37-20-22-38(23-21-37)39-24-30-42(31-25-39)55(43-32-26-40(27-33-43)45-14-8-16-49-47-12-4-6-18-51(47)56-53(45)49)44-34-28-41(29-35-44)46-15-9-17-50-48-13-5-7-19-52(48)57-54(46)50/h1-2,4-10,12-14,16-20,22,24-32,34-35,43,46H,3,11,15,21,23,33H2. The molecule has 0 saturated carbocycles. The Balaban J connectivity index is 0.920. The van der Waals surface area contributed by atoms with Gasteiger partial charge in [0.15, 0.2) is 0 Å². The van der Waals surface area contributed by atoms with Crippen LogP contribution in [0.3, 0.4) is 0 Å². The van der Waals surface area contributed by atoms with Gasteiger partial charge in [-0.2, -0.15) is 0 Å². The van der Waals surface area contributed by atoms with Crippen LogP contribution in [0.2, 0.25) is 0 Å². The zero-order valence-electron chi connectivity index (χ0n) is 31.9. The van der Waals surface area contributed by atoms with Gasteiger partial charge < -0.3 is 13.7 Å². The molecule has 0 bridgehead atoms. The van der Waals surface area contributed by atoms with E-state index in [0.717, 1.165) is 77.4 Å². The van der Waals surface area contributed by atoms with E-state index in [2.05, 4.69) is 175 Å². The van der Waals surface area contributed by atoms with Gasteiger partial charge in [-0.3, -0.25) is 0 Å². The number of allylic oxidation sites excluding steroid dienone is 11. The predicted octanol–water partition coefficient (Wildman–Crippen LogP) is 14.8. The first-order valence-corrected chi connectivity index (χ1v) is 20.5. The lowest BCUT2D eigenvalue weighted by Crippen LogP contribution is -2.30. The summed E-state index contributed by atoms with van der Waals surface area (Å²) in [7, 11) is 0. The van der Waals surface area contributed by atoms with Crippen LogP contribution in [0.5, 0.6) is 0 Å². The second-order valence-corrected chi connectivity index (χ2v) is 15.7. The molecule has 3 heteroatoms. The van der Waals surface area contributed by atoms with Crippen molar-refractivity contribution < 1.29 is 8.83 Å². The molecule has 3 nitrogen and oxygen atoms in total. The van der Waals surface area contributed by atoms with Gasteiger partial charge in [-0.15, -0.1) is 0 Å². The maximum atomic E-state index is 6.49. The van der Waals surface area contributed by atoms with Crippen LogP contribution in [0.15, 0.2) is 190 Å². The molecule has 11 rings (SSSR count). The summed E-state index contributed by atoms with van der Waals surface area (Å²) in [5.74, 6) is 1.25. The van der Waals surface area contributed by atoms with Crippen molar-refractivity contribution in [2.75, 3.05) is 4.90 Å². The topological polar surface area (TPSA) is 29.5 Å². The van der Waals surface area contributed by atoms with Gasteiger partial charge in [0, 0.05) is 44.6 Å². The largest absolute Gasteiger partial charge is 0.460 e. The summed E-state index contributed by atoms with van der Waals surface area (Å²) in [5, 5.41) is 3.51. The first-order valence-electron chi connectivity index (χ1n) is 20.5. The monoisotopic (exact) mass is 737 g/mol. The van der Waals surface area contributed by atoms with Gasteiger partial charge in [0.25, 0.3) is 0 Å². The third kappa shape index (κ3) is 6.06. The Morgan fingerprint density at radius 1 is 0.561 bits per heavy atom. The molecule has 2 heterocycles. The highest BCUT2D eigenvalue weighted by Crippen LogP contribution is 2.43. The minimum absolute atomic E-state index is 0.136. The van der Waals surface area contributed by atoms with E-state index in [-0.39, 0.29) is 12.0 Å². The Kier molecular flexibility index (Phi) is 8.39. The predicted molar refractivity (Wildman–Crippen MR) is 238 cm³/mol. The van der Waals surface area contributed by atoms with E-state index < -0.39 is 0 Å². The van der Waals surface area contributed by atoms with E-state index in [1.807, 2.05) is 6.07 Å². The molecule has 0 spiro atoms. The van der Waals surface area contributed by atoms with E-state index in [4.69, 9.17) is 8.83 Å². The average molecular weight is 738 g/mol. The van der Waals surface area contributed by atoms with Crippen LogP contribution >= 0.6 is 0 Å². The van der Waals surface area contributed by atoms with Gasteiger partial charge in [0.2, 0.25) is 0 Å². The lowest BCUT2D eigenvalue weighted by atomic mass is 9.86. The SMILES string of the molecule is C1=CCCC(C2=CC=C(c3ccc(N(c4ccc(C5CC=Cc6c5oc5ccccc65)cc4)C4C=CC(c5cccc6c5oc5ccccc56)=CC4)cc3)CC2)=C1. The van der Waals surface area contributed by atoms with Gasteiger partial charge in [-0.1, -0.05) is 140 Å². The normalized spacial score (nSPS) is 19.0. The van der Waals surface area contributed by atoms with Gasteiger partial charge >= 0.3 is 0 Å². The van der Waals surface area contributed by atoms with E-state index >= 15 is 0 Å². The van der Waals surface area contributed by atoms with Crippen molar-refractivity contribution >= 4 is 61.5 Å². The van der Waals surface area contributed by atoms with E-state index in [9.17, 15) is 0 Å². The van der Waals surface area contributed by atoms with Crippen molar-refractivity contribution in [3.8, 4) is 0 Å². The second kappa shape index (κ2) is 14.2. The number of fused-ring (bicyclic) bond motifs is 6. The Bertz CT molecular complexity index is 2900. The molecular formula is C54H43NO2. The average Bonchev–Trinajstić information content (AvgIpc) is 3.87. The summed E-state index contributed by atoms with van der Waals surface area (Å²) in [6.07, 6.45) is 29.3. The second-order valence-electron chi connectivity index (χ2n) is 15.7. The van der Waals surface area contributed by atoms with Crippen LogP contribution in [0.4, 0.5) is 11.4 Å². The van der Waals surface area contributed by atoms with E-state index in [1.54, 1.807) is 0 Å². The minimum Gasteiger partial charge on any atom is -0.460 e. The zero-order chi connectivity index (χ0) is 37.7. The Morgan fingerprint density at radius 3 is 2.04 bits per heavy atom. The fourth-order valence-electron chi connectivity index (χ4n) is 9.46. The fraction of sp³-hybridized carbons (Fsp3) is 0.148. The van der Waals surface area contributed by atoms with Crippen LogP contribution in [-0.4, -0.2) is 6.04 Å². The number of para-hydroxylation sites is 3. The van der Waals surface area contributed by atoms with Gasteiger partial charge in [-0.25, -0.2) is 0 Å². The van der Waals surface area contributed by atoms with Crippen LogP contribution in [-0.2, 0) is 0 Å². The molecule has 4 aliphatic carbocycles. The number of benzene rings is 5. The molecule has 2 atom stereocenters. The molecule has 2 unspecified atom stereocenters. The first kappa shape index (κ1) is 33.7. The maximum absolute atomic E-state index is 6.49. The molecular weight excluding hydrogens is 695 g/mol. The molecule has 0 fully saturated rings. The highest BCUT2D eigenvalue weighted by molar-refractivity contribution is 6.08. The molecule has 0 aliphatic heterocycles. The van der Waals surface area contributed by atoms with Crippen molar-refractivity contribution in [3.05, 3.63) is 209 Å². The van der Waals surface area contributed by atoms with Gasteiger partial charge in [-0.05, 0) is 108 Å². The summed E-state index contributed by atoms with van der Waals surface area (Å²) in [4.78, 5) is 2.50. The van der Waals surface area contributed by atoms with Crippen LogP contribution in [0.1, 0.15) is 72.5 Å². The van der Waals surface area contributed by atoms with Crippen molar-refractivity contribution in [1.82, 2.24) is 0 Å². The molecule has 5 aromatic carbocycles. The Morgan fingerprint density at radius 2 is 1.28 bits per heavy atom. The molecule has 0 radical (unpaired) electrons. The molecule has 0 amide bonds. The maximum Gasteiger partial charge on any atom is 0.143 e. The fourth-order valence-corrected chi connectivity index (χ4v) is 9.46. The third-order valence-electron chi connectivity index (χ3n) is 12.4. The molecule has 57 heavy (non-hydrogen) atoms. The number of hydrogen-bond donors (Lipinski definition) is 0. The number of furan rings is 2.